The second-order valence-electron chi connectivity index (χ2n) is 4.93. The van der Waals surface area contributed by atoms with Crippen LogP contribution in [0.5, 0.6) is 5.75 Å². The van der Waals surface area contributed by atoms with Gasteiger partial charge in [0.15, 0.2) is 0 Å². The molecule has 2 heterocycles. The topological polar surface area (TPSA) is 27.1 Å². The molecule has 0 N–H and O–H groups in total. The number of imidazole rings is 1. The van der Waals surface area contributed by atoms with Gasteiger partial charge in [0.25, 0.3) is 0 Å². The molecule has 18 heavy (non-hydrogen) atoms. The summed E-state index contributed by atoms with van der Waals surface area (Å²) < 4.78 is 7.55. The van der Waals surface area contributed by atoms with Crippen LogP contribution in [0.2, 0.25) is 0 Å². The van der Waals surface area contributed by atoms with E-state index in [0.717, 1.165) is 23.7 Å². The van der Waals surface area contributed by atoms with Crippen molar-refractivity contribution in [1.29, 1.82) is 0 Å². The van der Waals surface area contributed by atoms with Gasteiger partial charge in [0.1, 0.15) is 11.6 Å². The van der Waals surface area contributed by atoms with E-state index in [1.165, 1.54) is 18.5 Å². The van der Waals surface area contributed by atoms with E-state index in [1.54, 1.807) is 7.11 Å². The van der Waals surface area contributed by atoms with Crippen molar-refractivity contribution in [3.05, 3.63) is 36.2 Å². The van der Waals surface area contributed by atoms with Gasteiger partial charge in [0, 0.05) is 24.0 Å². The molecule has 0 spiro atoms. The molecular formula is C15H18N2O. The average Bonchev–Trinajstić information content (AvgIpc) is 2.84. The standard InChI is InChI=1S/C15H18N2O/c1-11-4-3-9-17-14(11)10-16-15(17)12-5-7-13(18-2)8-6-12/h5-8,10-11H,3-4,9H2,1-2H3. The minimum atomic E-state index is 0.623. The first-order valence-electron chi connectivity index (χ1n) is 6.49. The molecule has 3 nitrogen and oxygen atoms in total. The number of fused-ring (bicyclic) bond motifs is 1. The van der Waals surface area contributed by atoms with E-state index in [2.05, 4.69) is 28.6 Å². The molecule has 0 radical (unpaired) electrons. The summed E-state index contributed by atoms with van der Waals surface area (Å²) in [7, 11) is 1.69. The van der Waals surface area contributed by atoms with Crippen LogP contribution in [-0.2, 0) is 6.54 Å². The summed E-state index contributed by atoms with van der Waals surface area (Å²) in [6, 6.07) is 8.13. The normalized spacial score (nSPS) is 18.4. The van der Waals surface area contributed by atoms with Gasteiger partial charge in [-0.2, -0.15) is 0 Å². The maximum atomic E-state index is 5.19. The molecule has 1 unspecified atom stereocenters. The number of hydrogen-bond acceptors (Lipinski definition) is 2. The van der Waals surface area contributed by atoms with Crippen molar-refractivity contribution in [2.45, 2.75) is 32.2 Å². The van der Waals surface area contributed by atoms with Gasteiger partial charge >= 0.3 is 0 Å². The zero-order valence-electron chi connectivity index (χ0n) is 10.9. The van der Waals surface area contributed by atoms with E-state index < -0.39 is 0 Å². The molecule has 2 aromatic rings. The van der Waals surface area contributed by atoms with Crippen molar-refractivity contribution >= 4 is 0 Å². The third kappa shape index (κ3) is 1.80. The molecule has 1 aromatic heterocycles. The van der Waals surface area contributed by atoms with Crippen molar-refractivity contribution in [1.82, 2.24) is 9.55 Å². The Morgan fingerprint density at radius 2 is 2.06 bits per heavy atom. The Morgan fingerprint density at radius 3 is 2.78 bits per heavy atom. The van der Waals surface area contributed by atoms with Crippen LogP contribution in [0.1, 0.15) is 31.4 Å². The fourth-order valence-electron chi connectivity index (χ4n) is 2.69. The van der Waals surface area contributed by atoms with Crippen molar-refractivity contribution < 1.29 is 4.74 Å². The molecule has 0 bridgehead atoms. The van der Waals surface area contributed by atoms with E-state index in [1.807, 2.05) is 18.3 Å². The molecule has 1 aromatic carbocycles. The highest BCUT2D eigenvalue weighted by molar-refractivity contribution is 5.57. The lowest BCUT2D eigenvalue weighted by molar-refractivity contribution is 0.415. The number of methoxy groups -OCH3 is 1. The van der Waals surface area contributed by atoms with Crippen molar-refractivity contribution in [3.8, 4) is 17.1 Å². The molecule has 94 valence electrons. The minimum Gasteiger partial charge on any atom is -0.497 e. The fourth-order valence-corrected chi connectivity index (χ4v) is 2.69. The maximum absolute atomic E-state index is 5.19. The van der Waals surface area contributed by atoms with Gasteiger partial charge in [0.05, 0.1) is 7.11 Å². The van der Waals surface area contributed by atoms with Crippen LogP contribution in [0.4, 0.5) is 0 Å². The molecule has 0 amide bonds. The summed E-state index contributed by atoms with van der Waals surface area (Å²) in [6.45, 7) is 3.37. The predicted octanol–water partition coefficient (Wildman–Crippen LogP) is 3.46. The lowest BCUT2D eigenvalue weighted by atomic mass is 9.98. The second-order valence-corrected chi connectivity index (χ2v) is 4.93. The predicted molar refractivity (Wildman–Crippen MR) is 71.9 cm³/mol. The molecule has 0 saturated carbocycles. The zero-order valence-corrected chi connectivity index (χ0v) is 10.9. The first-order valence-corrected chi connectivity index (χ1v) is 6.49. The van der Waals surface area contributed by atoms with Crippen LogP contribution >= 0.6 is 0 Å². The van der Waals surface area contributed by atoms with Gasteiger partial charge in [0.2, 0.25) is 0 Å². The summed E-state index contributed by atoms with van der Waals surface area (Å²) in [5.74, 6) is 2.59. The first-order chi connectivity index (χ1) is 8.79. The Morgan fingerprint density at radius 1 is 1.28 bits per heavy atom. The summed E-state index contributed by atoms with van der Waals surface area (Å²) in [6.07, 6.45) is 4.55. The largest absolute Gasteiger partial charge is 0.497 e. The number of nitrogens with zero attached hydrogens (tertiary/aromatic N) is 2. The van der Waals surface area contributed by atoms with E-state index in [0.29, 0.717) is 5.92 Å². The Hall–Kier alpha value is -1.77. The Balaban J connectivity index is 2.01. The highest BCUT2D eigenvalue weighted by Gasteiger charge is 2.20. The minimum absolute atomic E-state index is 0.623. The van der Waals surface area contributed by atoms with Crippen molar-refractivity contribution in [2.75, 3.05) is 7.11 Å². The Bertz CT molecular complexity index is 542. The van der Waals surface area contributed by atoms with E-state index in [-0.39, 0.29) is 0 Å². The number of benzene rings is 1. The summed E-state index contributed by atoms with van der Waals surface area (Å²) >= 11 is 0. The lowest BCUT2D eigenvalue weighted by Crippen LogP contribution is -2.13. The SMILES string of the molecule is COc1ccc(-c2ncc3n2CCCC3C)cc1. The lowest BCUT2D eigenvalue weighted by Gasteiger charge is -2.22. The molecule has 1 aliphatic heterocycles. The van der Waals surface area contributed by atoms with Crippen molar-refractivity contribution in [3.63, 3.8) is 0 Å². The van der Waals surface area contributed by atoms with Crippen LogP contribution in [-0.4, -0.2) is 16.7 Å². The summed E-state index contributed by atoms with van der Waals surface area (Å²) in [5.41, 5.74) is 2.53. The van der Waals surface area contributed by atoms with E-state index in [9.17, 15) is 0 Å². The van der Waals surface area contributed by atoms with Gasteiger partial charge in [-0.15, -0.1) is 0 Å². The maximum Gasteiger partial charge on any atom is 0.140 e. The zero-order chi connectivity index (χ0) is 12.5. The fraction of sp³-hybridized carbons (Fsp3) is 0.400. The van der Waals surface area contributed by atoms with E-state index in [4.69, 9.17) is 4.74 Å². The molecule has 0 fully saturated rings. The van der Waals surface area contributed by atoms with Gasteiger partial charge in [-0.1, -0.05) is 6.92 Å². The Kier molecular flexibility index (Phi) is 2.82. The average molecular weight is 242 g/mol. The molecule has 3 rings (SSSR count). The molecular weight excluding hydrogens is 224 g/mol. The molecule has 3 heteroatoms. The van der Waals surface area contributed by atoms with Crippen LogP contribution in [0, 0.1) is 0 Å². The number of aromatic nitrogens is 2. The second kappa shape index (κ2) is 4.48. The number of rotatable bonds is 2. The summed E-state index contributed by atoms with van der Waals surface area (Å²) in [5, 5.41) is 0. The van der Waals surface area contributed by atoms with E-state index >= 15 is 0 Å². The van der Waals surface area contributed by atoms with Gasteiger partial charge in [-0.3, -0.25) is 0 Å². The summed E-state index contributed by atoms with van der Waals surface area (Å²) in [4.78, 5) is 4.60. The third-order valence-corrected chi connectivity index (χ3v) is 3.76. The molecule has 1 atom stereocenters. The monoisotopic (exact) mass is 242 g/mol. The van der Waals surface area contributed by atoms with Crippen LogP contribution in [0.3, 0.4) is 0 Å². The quantitative estimate of drug-likeness (QED) is 0.806. The van der Waals surface area contributed by atoms with Crippen LogP contribution in [0.25, 0.3) is 11.4 Å². The smallest absolute Gasteiger partial charge is 0.140 e. The van der Waals surface area contributed by atoms with Gasteiger partial charge in [-0.05, 0) is 43.0 Å². The Labute approximate surface area is 107 Å². The molecule has 1 aliphatic rings. The van der Waals surface area contributed by atoms with Crippen LogP contribution in [0.15, 0.2) is 30.5 Å². The third-order valence-electron chi connectivity index (χ3n) is 3.76. The highest BCUT2D eigenvalue weighted by Crippen LogP contribution is 2.31. The van der Waals surface area contributed by atoms with Crippen molar-refractivity contribution in [2.24, 2.45) is 0 Å². The number of hydrogen-bond donors (Lipinski definition) is 0. The highest BCUT2D eigenvalue weighted by atomic mass is 16.5. The molecule has 0 aliphatic carbocycles. The van der Waals surface area contributed by atoms with Gasteiger partial charge < -0.3 is 9.30 Å². The number of ether oxygens (including phenoxy) is 1. The van der Waals surface area contributed by atoms with Gasteiger partial charge in [-0.25, -0.2) is 4.98 Å². The van der Waals surface area contributed by atoms with Crippen LogP contribution < -0.4 is 4.74 Å². The molecule has 0 saturated heterocycles. The first kappa shape index (κ1) is 11.3.